The van der Waals surface area contributed by atoms with Crippen LogP contribution in [0.5, 0.6) is 0 Å². The minimum Gasteiger partial charge on any atom is -0.0616 e. The van der Waals surface area contributed by atoms with Gasteiger partial charge in [0.15, 0.2) is 0 Å². The third-order valence-electron chi connectivity index (χ3n) is 10.1. The highest BCUT2D eigenvalue weighted by molar-refractivity contribution is 6.50. The van der Waals surface area contributed by atoms with Crippen molar-refractivity contribution in [2.24, 2.45) is 0 Å². The summed E-state index contributed by atoms with van der Waals surface area (Å²) in [6.45, 7) is 0. The van der Waals surface area contributed by atoms with E-state index in [9.17, 15) is 0 Å². The molecule has 0 saturated carbocycles. The maximum atomic E-state index is 2.42. The molecule has 11 aromatic carbocycles. The van der Waals surface area contributed by atoms with Crippen LogP contribution in [-0.2, 0) is 0 Å². The summed E-state index contributed by atoms with van der Waals surface area (Å²) in [6, 6.07) is 50.3. The second kappa shape index (κ2) is 7.24. The van der Waals surface area contributed by atoms with Crippen molar-refractivity contribution in [3.8, 4) is 0 Å². The number of hydrogen-bond acceptors (Lipinski definition) is 0. The molecule has 0 amide bonds. The van der Waals surface area contributed by atoms with Crippen LogP contribution in [0.1, 0.15) is 0 Å². The van der Waals surface area contributed by atoms with Gasteiger partial charge in [-0.3, -0.25) is 0 Å². The van der Waals surface area contributed by atoms with Crippen molar-refractivity contribution < 1.29 is 0 Å². The van der Waals surface area contributed by atoms with Gasteiger partial charge in [-0.15, -0.1) is 0 Å². The molecule has 190 valence electrons. The molecule has 0 saturated heterocycles. The maximum absolute atomic E-state index is 2.42. The van der Waals surface area contributed by atoms with E-state index < -0.39 is 0 Å². The molecule has 0 heterocycles. The van der Waals surface area contributed by atoms with Crippen LogP contribution in [0.4, 0.5) is 0 Å². The molecule has 0 aliphatic carbocycles. The quantitative estimate of drug-likeness (QED) is 0.136. The van der Waals surface area contributed by atoms with Crippen molar-refractivity contribution in [1.29, 1.82) is 0 Å². The minimum atomic E-state index is 1.30. The molecule has 0 spiro atoms. The van der Waals surface area contributed by atoms with E-state index in [1.165, 1.54) is 108 Å². The van der Waals surface area contributed by atoms with Crippen LogP contribution >= 0.6 is 0 Å². The fourth-order valence-corrected chi connectivity index (χ4v) is 8.46. The van der Waals surface area contributed by atoms with Crippen LogP contribution in [0, 0.1) is 0 Å². The third-order valence-corrected chi connectivity index (χ3v) is 10.1. The van der Waals surface area contributed by atoms with E-state index in [2.05, 4.69) is 133 Å². The zero-order chi connectivity index (χ0) is 27.1. The van der Waals surface area contributed by atoms with Gasteiger partial charge in [-0.05, 0) is 120 Å². The lowest BCUT2D eigenvalue weighted by Crippen LogP contribution is -1.94. The highest BCUT2D eigenvalue weighted by atomic mass is 14.3. The van der Waals surface area contributed by atoms with E-state index in [0.29, 0.717) is 0 Å². The molecule has 0 aromatic heterocycles. The Morgan fingerprint density at radius 3 is 0.905 bits per heavy atom. The smallest absolute Gasteiger partial charge is 0.000719 e. The molecule has 11 rings (SSSR count). The van der Waals surface area contributed by atoms with Crippen LogP contribution in [0.15, 0.2) is 133 Å². The predicted octanol–water partition coefficient (Wildman–Crippen LogP) is 12.1. The zero-order valence-corrected chi connectivity index (χ0v) is 22.7. The maximum Gasteiger partial charge on any atom is -0.000719 e. The zero-order valence-electron chi connectivity index (χ0n) is 22.7. The van der Waals surface area contributed by atoms with E-state index in [1.807, 2.05) is 0 Å². The molecule has 0 bridgehead atoms. The van der Waals surface area contributed by atoms with E-state index in [4.69, 9.17) is 0 Å². The van der Waals surface area contributed by atoms with Crippen molar-refractivity contribution >= 4 is 108 Å². The molecule has 0 heteroatoms. The van der Waals surface area contributed by atoms with Gasteiger partial charge in [-0.1, -0.05) is 121 Å². The topological polar surface area (TPSA) is 0 Å². The summed E-state index contributed by atoms with van der Waals surface area (Å²) in [5, 5.41) is 27.0. The average Bonchev–Trinajstić information content (AvgIpc) is 3.06. The van der Waals surface area contributed by atoms with Gasteiger partial charge in [0.25, 0.3) is 0 Å². The summed E-state index contributed by atoms with van der Waals surface area (Å²) in [4.78, 5) is 0. The lowest BCUT2D eigenvalue weighted by molar-refractivity contribution is 1.79. The first kappa shape index (κ1) is 21.3. The van der Waals surface area contributed by atoms with Crippen molar-refractivity contribution in [1.82, 2.24) is 0 Å². The molecule has 0 aliphatic heterocycles. The van der Waals surface area contributed by atoms with Gasteiger partial charge in [0, 0.05) is 0 Å². The molecule has 42 heavy (non-hydrogen) atoms. The van der Waals surface area contributed by atoms with Crippen LogP contribution < -0.4 is 0 Å². The first-order chi connectivity index (χ1) is 20.9. The van der Waals surface area contributed by atoms with Gasteiger partial charge < -0.3 is 0 Å². The Morgan fingerprint density at radius 2 is 0.476 bits per heavy atom. The fraction of sp³-hybridized carbons (Fsp3) is 0. The number of fused-ring (bicyclic) bond motifs is 12. The van der Waals surface area contributed by atoms with E-state index in [1.54, 1.807) is 0 Å². The Kier molecular flexibility index (Phi) is 3.67. The molecule has 11 aromatic rings. The van der Waals surface area contributed by atoms with Gasteiger partial charge in [0.1, 0.15) is 0 Å². The Bertz CT molecular complexity index is 2740. The predicted molar refractivity (Wildman–Crippen MR) is 184 cm³/mol. The average molecular weight is 527 g/mol. The lowest BCUT2D eigenvalue weighted by atomic mass is 9.80. The second-order valence-electron chi connectivity index (χ2n) is 12.0. The monoisotopic (exact) mass is 526 g/mol. The standard InChI is InChI=1S/C42H22/c1-3-11-25-23(9-1)21-35-27-13-5-7-15-29(27)41-39-33(19-17-31(25)37(35)39)34-20-18-32-26-12-4-2-10-24(26)22-36-28-14-6-8-16-30(28)42(41)40(34)38(32)36/h1-22H. The highest BCUT2D eigenvalue weighted by Gasteiger charge is 2.23. The van der Waals surface area contributed by atoms with Crippen LogP contribution in [0.25, 0.3) is 108 Å². The Labute approximate surface area is 240 Å². The Morgan fingerprint density at radius 1 is 0.190 bits per heavy atom. The van der Waals surface area contributed by atoms with E-state index >= 15 is 0 Å². The molecule has 0 N–H and O–H groups in total. The normalized spacial score (nSPS) is 12.8. The minimum absolute atomic E-state index is 1.30. The van der Waals surface area contributed by atoms with Crippen LogP contribution in [-0.4, -0.2) is 0 Å². The summed E-state index contributed by atoms with van der Waals surface area (Å²) in [5.41, 5.74) is 0. The van der Waals surface area contributed by atoms with E-state index in [-0.39, 0.29) is 0 Å². The number of rotatable bonds is 0. The fourth-order valence-electron chi connectivity index (χ4n) is 8.46. The SMILES string of the molecule is c1ccc2c(c1)cc1c3ccccc3c3c4c(ccc2c14)c1ccc2c4ccccc4cc4c5ccccc5c3c1c24. The molecular formula is C42H22. The Balaban J connectivity index is 1.58. The second-order valence-corrected chi connectivity index (χ2v) is 12.0. The first-order valence-electron chi connectivity index (χ1n) is 14.8. The van der Waals surface area contributed by atoms with Crippen LogP contribution in [0.2, 0.25) is 0 Å². The van der Waals surface area contributed by atoms with Crippen LogP contribution in [0.3, 0.4) is 0 Å². The summed E-state index contributed by atoms with van der Waals surface area (Å²) in [7, 11) is 0. The van der Waals surface area contributed by atoms with Crippen molar-refractivity contribution in [2.75, 3.05) is 0 Å². The van der Waals surface area contributed by atoms with Gasteiger partial charge in [-0.25, -0.2) is 0 Å². The van der Waals surface area contributed by atoms with Crippen molar-refractivity contribution in [3.63, 3.8) is 0 Å². The lowest BCUT2D eigenvalue weighted by Gasteiger charge is -2.23. The molecule has 0 aliphatic rings. The number of hydrogen-bond donors (Lipinski definition) is 0. The van der Waals surface area contributed by atoms with Gasteiger partial charge in [0.2, 0.25) is 0 Å². The summed E-state index contributed by atoms with van der Waals surface area (Å²) in [5.74, 6) is 0. The molecule has 0 fully saturated rings. The largest absolute Gasteiger partial charge is 0.0616 e. The van der Waals surface area contributed by atoms with Crippen molar-refractivity contribution in [2.45, 2.75) is 0 Å². The summed E-state index contributed by atoms with van der Waals surface area (Å²) in [6.07, 6.45) is 0. The highest BCUT2D eigenvalue weighted by Crippen LogP contribution is 2.52. The molecule has 0 nitrogen and oxygen atoms in total. The first-order valence-corrected chi connectivity index (χ1v) is 14.8. The third kappa shape index (κ3) is 2.35. The summed E-state index contributed by atoms with van der Waals surface area (Å²) >= 11 is 0. The Hall–Kier alpha value is -5.46. The molecule has 0 unspecified atom stereocenters. The number of benzene rings is 11. The van der Waals surface area contributed by atoms with Crippen molar-refractivity contribution in [3.05, 3.63) is 133 Å². The molecule has 0 atom stereocenters. The van der Waals surface area contributed by atoms with Gasteiger partial charge in [0.05, 0.1) is 0 Å². The van der Waals surface area contributed by atoms with Gasteiger partial charge >= 0.3 is 0 Å². The van der Waals surface area contributed by atoms with Gasteiger partial charge in [-0.2, -0.15) is 0 Å². The molecular weight excluding hydrogens is 504 g/mol. The summed E-state index contributed by atoms with van der Waals surface area (Å²) < 4.78 is 0. The van der Waals surface area contributed by atoms with E-state index in [0.717, 1.165) is 0 Å². The molecule has 0 radical (unpaired) electrons.